The molecule has 0 N–H and O–H groups in total. The largest absolute Gasteiger partial charge is 0.451 e. The molecule has 0 aliphatic carbocycles. The molecule has 0 aliphatic heterocycles. The zero-order valence-electron chi connectivity index (χ0n) is 15.8. The van der Waals surface area contributed by atoms with E-state index in [0.29, 0.717) is 17.1 Å². The first kappa shape index (κ1) is 19.5. The van der Waals surface area contributed by atoms with Gasteiger partial charge in [-0.2, -0.15) is 4.68 Å². The first-order valence-corrected chi connectivity index (χ1v) is 9.32. The number of carbonyl (C=O) groups excluding carboxylic acids is 2. The quantitative estimate of drug-likeness (QED) is 0.556. The summed E-state index contributed by atoms with van der Waals surface area (Å²) in [6.45, 7) is 0.0943. The summed E-state index contributed by atoms with van der Waals surface area (Å²) in [6.07, 6.45) is 1.39. The van der Waals surface area contributed by atoms with Crippen molar-refractivity contribution in [3.63, 3.8) is 0 Å². The Bertz CT molecular complexity index is 937. The summed E-state index contributed by atoms with van der Waals surface area (Å²) >= 11 is 1.20. The lowest BCUT2D eigenvalue weighted by Crippen LogP contribution is -2.30. The van der Waals surface area contributed by atoms with Crippen LogP contribution in [0.15, 0.2) is 42.0 Å². The van der Waals surface area contributed by atoms with Crippen LogP contribution in [0.1, 0.15) is 15.2 Å². The van der Waals surface area contributed by atoms with Crippen molar-refractivity contribution >= 4 is 28.9 Å². The Labute approximate surface area is 166 Å². The van der Waals surface area contributed by atoms with Crippen LogP contribution in [0.3, 0.4) is 0 Å². The first-order chi connectivity index (χ1) is 13.5. The first-order valence-electron chi connectivity index (χ1n) is 8.44. The normalized spacial score (nSPS) is 10.5. The maximum absolute atomic E-state index is 12.3. The van der Waals surface area contributed by atoms with Gasteiger partial charge in [0.15, 0.2) is 6.61 Å². The van der Waals surface area contributed by atoms with E-state index in [9.17, 15) is 9.59 Å². The summed E-state index contributed by atoms with van der Waals surface area (Å²) < 4.78 is 6.56. The lowest BCUT2D eigenvalue weighted by molar-refractivity contribution is -0.133. The minimum atomic E-state index is -0.586. The molecule has 0 aliphatic rings. The van der Waals surface area contributed by atoms with Gasteiger partial charge in [0.2, 0.25) is 0 Å². The lowest BCUT2D eigenvalue weighted by Gasteiger charge is -2.18. The molecule has 2 aromatic heterocycles. The average molecular weight is 400 g/mol. The Morgan fingerprint density at radius 2 is 1.89 bits per heavy atom. The van der Waals surface area contributed by atoms with Crippen molar-refractivity contribution < 1.29 is 14.3 Å². The maximum atomic E-state index is 12.3. The number of nitrogens with zero attached hydrogens (tertiary/aromatic N) is 6. The second-order valence-electron chi connectivity index (χ2n) is 6.28. The van der Waals surface area contributed by atoms with Crippen LogP contribution in [0.25, 0.3) is 5.69 Å². The molecule has 2 heterocycles. The van der Waals surface area contributed by atoms with Crippen molar-refractivity contribution in [2.45, 2.75) is 6.54 Å². The van der Waals surface area contributed by atoms with Crippen LogP contribution in [0.5, 0.6) is 0 Å². The summed E-state index contributed by atoms with van der Waals surface area (Å²) in [7, 11) is 5.61. The molecule has 9 nitrogen and oxygen atoms in total. The molecule has 0 unspecified atom stereocenters. The van der Waals surface area contributed by atoms with Crippen molar-refractivity contribution in [2.75, 3.05) is 32.6 Å². The number of tetrazole rings is 1. The number of benzene rings is 1. The summed E-state index contributed by atoms with van der Waals surface area (Å²) in [5, 5.41) is 12.6. The SMILES string of the molecule is CN(Cc1ccc(N(C)C)cc1)C(=O)COC(=O)c1sccc1-n1cnnn1. The summed E-state index contributed by atoms with van der Waals surface area (Å²) in [6, 6.07) is 9.63. The third-order valence-corrected chi connectivity index (χ3v) is 4.93. The number of thiophene rings is 1. The molecule has 0 fully saturated rings. The predicted octanol–water partition coefficient (Wildman–Crippen LogP) is 1.61. The molecule has 0 saturated carbocycles. The minimum absolute atomic E-state index is 0.287. The van der Waals surface area contributed by atoms with E-state index in [1.54, 1.807) is 18.5 Å². The van der Waals surface area contributed by atoms with Crippen molar-refractivity contribution in [1.82, 2.24) is 25.1 Å². The average Bonchev–Trinajstić information content (AvgIpc) is 3.37. The number of anilines is 1. The fourth-order valence-corrected chi connectivity index (χ4v) is 3.24. The monoisotopic (exact) mass is 400 g/mol. The third-order valence-electron chi connectivity index (χ3n) is 4.05. The molecular weight excluding hydrogens is 380 g/mol. The predicted molar refractivity (Wildman–Crippen MR) is 105 cm³/mol. The van der Waals surface area contributed by atoms with E-state index in [-0.39, 0.29) is 12.5 Å². The standard InChI is InChI=1S/C18H20N6O3S/c1-22(2)14-6-4-13(5-7-14)10-23(3)16(25)11-27-18(26)17-15(8-9-28-17)24-12-19-20-21-24/h4-9,12H,10-11H2,1-3H3. The van der Waals surface area contributed by atoms with Crippen LogP contribution in [-0.4, -0.2) is 64.7 Å². The zero-order valence-corrected chi connectivity index (χ0v) is 16.6. The smallest absolute Gasteiger partial charge is 0.351 e. The Balaban J connectivity index is 1.55. The van der Waals surface area contributed by atoms with E-state index in [1.165, 1.54) is 27.2 Å². The van der Waals surface area contributed by atoms with Gasteiger partial charge in [0.1, 0.15) is 11.2 Å². The summed E-state index contributed by atoms with van der Waals surface area (Å²) in [5.41, 5.74) is 2.59. The molecule has 0 atom stereocenters. The molecule has 10 heteroatoms. The van der Waals surface area contributed by atoms with Crippen LogP contribution >= 0.6 is 11.3 Å². The van der Waals surface area contributed by atoms with E-state index in [2.05, 4.69) is 15.5 Å². The van der Waals surface area contributed by atoms with Crippen LogP contribution in [0, 0.1) is 0 Å². The van der Waals surface area contributed by atoms with Crippen molar-refractivity contribution in [1.29, 1.82) is 0 Å². The molecule has 1 aromatic carbocycles. The molecule has 3 aromatic rings. The highest BCUT2D eigenvalue weighted by atomic mass is 32.1. The number of amides is 1. The van der Waals surface area contributed by atoms with E-state index in [1.807, 2.05) is 43.3 Å². The number of esters is 1. The van der Waals surface area contributed by atoms with Gasteiger partial charge in [0, 0.05) is 33.4 Å². The number of rotatable bonds is 7. The molecule has 0 bridgehead atoms. The number of likely N-dealkylation sites (N-methyl/N-ethyl adjacent to an activating group) is 1. The molecule has 28 heavy (non-hydrogen) atoms. The topological polar surface area (TPSA) is 93.5 Å². The van der Waals surface area contributed by atoms with Crippen LogP contribution in [0.4, 0.5) is 5.69 Å². The Morgan fingerprint density at radius 1 is 1.14 bits per heavy atom. The van der Waals surface area contributed by atoms with Gasteiger partial charge in [-0.05, 0) is 39.6 Å². The molecule has 3 rings (SSSR count). The Hall–Kier alpha value is -3.27. The van der Waals surface area contributed by atoms with Gasteiger partial charge in [0.25, 0.3) is 5.91 Å². The highest BCUT2D eigenvalue weighted by molar-refractivity contribution is 7.12. The molecule has 0 spiro atoms. The number of aromatic nitrogens is 4. The number of carbonyl (C=O) groups is 2. The number of ether oxygens (including phenoxy) is 1. The maximum Gasteiger partial charge on any atom is 0.351 e. The van der Waals surface area contributed by atoms with Crippen molar-refractivity contribution in [3.05, 3.63) is 52.5 Å². The van der Waals surface area contributed by atoms with E-state index in [4.69, 9.17) is 4.74 Å². The third kappa shape index (κ3) is 4.52. The summed E-state index contributed by atoms with van der Waals surface area (Å²) in [4.78, 5) is 28.5. The number of hydrogen-bond donors (Lipinski definition) is 0. The Morgan fingerprint density at radius 3 is 2.54 bits per heavy atom. The van der Waals surface area contributed by atoms with Gasteiger partial charge in [-0.15, -0.1) is 16.4 Å². The van der Waals surface area contributed by atoms with E-state index in [0.717, 1.165) is 11.3 Å². The highest BCUT2D eigenvalue weighted by Crippen LogP contribution is 2.21. The molecular formula is C18H20N6O3S. The van der Waals surface area contributed by atoms with Gasteiger partial charge in [-0.1, -0.05) is 12.1 Å². The van der Waals surface area contributed by atoms with Gasteiger partial charge in [-0.3, -0.25) is 4.79 Å². The zero-order chi connectivity index (χ0) is 20.1. The summed E-state index contributed by atoms with van der Waals surface area (Å²) in [5.74, 6) is -0.872. The van der Waals surface area contributed by atoms with Crippen molar-refractivity contribution in [3.8, 4) is 5.69 Å². The Kier molecular flexibility index (Phi) is 5.99. The lowest BCUT2D eigenvalue weighted by atomic mass is 10.2. The fraction of sp³-hybridized carbons (Fsp3) is 0.278. The van der Waals surface area contributed by atoms with Crippen LogP contribution in [-0.2, 0) is 16.1 Å². The minimum Gasteiger partial charge on any atom is -0.451 e. The van der Waals surface area contributed by atoms with E-state index < -0.39 is 5.97 Å². The molecule has 0 saturated heterocycles. The van der Waals surface area contributed by atoms with Gasteiger partial charge >= 0.3 is 5.97 Å². The van der Waals surface area contributed by atoms with Gasteiger partial charge in [-0.25, -0.2) is 4.79 Å². The van der Waals surface area contributed by atoms with Crippen molar-refractivity contribution in [2.24, 2.45) is 0 Å². The molecule has 0 radical (unpaired) electrons. The van der Waals surface area contributed by atoms with Crippen LogP contribution < -0.4 is 4.90 Å². The fourth-order valence-electron chi connectivity index (χ4n) is 2.47. The second-order valence-corrected chi connectivity index (χ2v) is 7.19. The molecule has 1 amide bonds. The van der Waals surface area contributed by atoms with Crippen LogP contribution in [0.2, 0.25) is 0 Å². The second kappa shape index (κ2) is 8.61. The van der Waals surface area contributed by atoms with Gasteiger partial charge < -0.3 is 14.5 Å². The molecule has 146 valence electrons. The number of hydrogen-bond acceptors (Lipinski definition) is 8. The van der Waals surface area contributed by atoms with E-state index >= 15 is 0 Å². The van der Waals surface area contributed by atoms with Gasteiger partial charge in [0.05, 0.1) is 5.69 Å². The highest BCUT2D eigenvalue weighted by Gasteiger charge is 2.19.